The van der Waals surface area contributed by atoms with Crippen molar-refractivity contribution in [3.63, 3.8) is 0 Å². The number of hydrogen-bond donors (Lipinski definition) is 2. The zero-order valence-corrected chi connectivity index (χ0v) is 12.0. The molecule has 0 aromatic heterocycles. The van der Waals surface area contributed by atoms with Crippen LogP contribution in [0.3, 0.4) is 0 Å². The molecule has 1 aromatic rings. The molecule has 0 aliphatic rings. The van der Waals surface area contributed by atoms with Crippen LogP contribution in [0.4, 0.5) is 13.2 Å². The SMILES string of the molecule is CCC(CC)(CN)NS(=O)(=O)c1c(F)cc(F)cc1F. The van der Waals surface area contributed by atoms with Crippen LogP contribution >= 0.6 is 0 Å². The third-order valence-electron chi connectivity index (χ3n) is 3.33. The Balaban J connectivity index is 3.32. The van der Waals surface area contributed by atoms with Gasteiger partial charge in [-0.2, -0.15) is 0 Å². The van der Waals surface area contributed by atoms with Crippen LogP contribution in [0.1, 0.15) is 26.7 Å². The van der Waals surface area contributed by atoms with Crippen LogP contribution in [0.15, 0.2) is 17.0 Å². The van der Waals surface area contributed by atoms with Gasteiger partial charge in [-0.15, -0.1) is 0 Å². The predicted octanol–water partition coefficient (Wildman–Crippen LogP) is 1.90. The third-order valence-corrected chi connectivity index (χ3v) is 4.96. The van der Waals surface area contributed by atoms with Crippen molar-refractivity contribution in [1.29, 1.82) is 0 Å². The van der Waals surface area contributed by atoms with Gasteiger partial charge in [0.2, 0.25) is 10.0 Å². The van der Waals surface area contributed by atoms with E-state index in [0.717, 1.165) is 0 Å². The fourth-order valence-electron chi connectivity index (χ4n) is 1.85. The zero-order valence-electron chi connectivity index (χ0n) is 11.2. The number of nitrogens with one attached hydrogen (secondary N) is 1. The van der Waals surface area contributed by atoms with Gasteiger partial charge < -0.3 is 5.73 Å². The fraction of sp³-hybridized carbons (Fsp3) is 0.500. The summed E-state index contributed by atoms with van der Waals surface area (Å²) in [5.41, 5.74) is 4.55. The van der Waals surface area contributed by atoms with Gasteiger partial charge in [0.15, 0.2) is 4.90 Å². The Morgan fingerprint density at radius 1 is 1.15 bits per heavy atom. The molecule has 8 heteroatoms. The summed E-state index contributed by atoms with van der Waals surface area (Å²) in [6, 6.07) is 0.638. The molecule has 0 spiro atoms. The van der Waals surface area contributed by atoms with Gasteiger partial charge in [-0.3, -0.25) is 0 Å². The zero-order chi connectivity index (χ0) is 15.6. The Bertz CT molecular complexity index is 555. The van der Waals surface area contributed by atoms with E-state index in [-0.39, 0.29) is 6.54 Å². The van der Waals surface area contributed by atoms with Crippen molar-refractivity contribution >= 4 is 10.0 Å². The van der Waals surface area contributed by atoms with Crippen LogP contribution in [0.25, 0.3) is 0 Å². The van der Waals surface area contributed by atoms with Crippen LogP contribution in [-0.2, 0) is 10.0 Å². The van der Waals surface area contributed by atoms with Crippen LogP contribution in [0.2, 0.25) is 0 Å². The van der Waals surface area contributed by atoms with E-state index in [9.17, 15) is 21.6 Å². The van der Waals surface area contributed by atoms with Gasteiger partial charge in [0.05, 0.1) is 0 Å². The summed E-state index contributed by atoms with van der Waals surface area (Å²) >= 11 is 0. The largest absolute Gasteiger partial charge is 0.329 e. The first-order valence-corrected chi connectivity index (χ1v) is 7.58. The summed E-state index contributed by atoms with van der Waals surface area (Å²) in [5, 5.41) is 0. The van der Waals surface area contributed by atoms with E-state index in [2.05, 4.69) is 4.72 Å². The summed E-state index contributed by atoms with van der Waals surface area (Å²) in [5.74, 6) is -4.14. The normalized spacial score (nSPS) is 12.7. The quantitative estimate of drug-likeness (QED) is 0.843. The van der Waals surface area contributed by atoms with E-state index in [1.54, 1.807) is 13.8 Å². The maximum absolute atomic E-state index is 13.6. The second-order valence-electron chi connectivity index (χ2n) is 4.50. The molecular weight excluding hydrogens is 293 g/mol. The number of hydrogen-bond acceptors (Lipinski definition) is 3. The summed E-state index contributed by atoms with van der Waals surface area (Å²) in [6.45, 7) is 3.39. The maximum Gasteiger partial charge on any atom is 0.246 e. The first-order valence-electron chi connectivity index (χ1n) is 6.10. The molecular formula is C12H17F3N2O2S. The number of sulfonamides is 1. The minimum absolute atomic E-state index is 0.0241. The van der Waals surface area contributed by atoms with Crippen molar-refractivity contribution in [1.82, 2.24) is 4.72 Å². The predicted molar refractivity (Wildman–Crippen MR) is 69.0 cm³/mol. The summed E-state index contributed by atoms with van der Waals surface area (Å²) in [4.78, 5) is -1.20. The highest BCUT2D eigenvalue weighted by atomic mass is 32.2. The van der Waals surface area contributed by atoms with Crippen LogP contribution in [0, 0.1) is 17.5 Å². The Labute approximate surface area is 116 Å². The molecule has 114 valence electrons. The van der Waals surface area contributed by atoms with E-state index in [4.69, 9.17) is 5.73 Å². The molecule has 0 aliphatic heterocycles. The molecule has 0 saturated heterocycles. The minimum atomic E-state index is -4.48. The van der Waals surface area contributed by atoms with Gasteiger partial charge >= 0.3 is 0 Å². The van der Waals surface area contributed by atoms with Crippen molar-refractivity contribution in [2.45, 2.75) is 37.1 Å². The molecule has 0 fully saturated rings. The molecule has 0 unspecified atom stereocenters. The van der Waals surface area contributed by atoms with E-state index in [1.165, 1.54) is 0 Å². The van der Waals surface area contributed by atoms with Crippen LogP contribution in [-0.4, -0.2) is 20.5 Å². The minimum Gasteiger partial charge on any atom is -0.329 e. The standard InChI is InChI=1S/C12H17F3N2O2S/c1-3-12(4-2,7-16)17-20(18,19)11-9(14)5-8(13)6-10(11)15/h5-6,17H,3-4,7,16H2,1-2H3. The second kappa shape index (κ2) is 6.11. The van der Waals surface area contributed by atoms with E-state index in [0.29, 0.717) is 25.0 Å². The molecule has 1 aromatic carbocycles. The van der Waals surface area contributed by atoms with Crippen molar-refractivity contribution < 1.29 is 21.6 Å². The van der Waals surface area contributed by atoms with Gasteiger partial charge in [0.25, 0.3) is 0 Å². The van der Waals surface area contributed by atoms with Gasteiger partial charge in [0, 0.05) is 24.2 Å². The number of nitrogens with two attached hydrogens (primary N) is 1. The van der Waals surface area contributed by atoms with E-state index < -0.39 is 37.9 Å². The van der Waals surface area contributed by atoms with Crippen LogP contribution < -0.4 is 10.5 Å². The first-order chi connectivity index (χ1) is 9.21. The summed E-state index contributed by atoms with van der Waals surface area (Å²) in [7, 11) is -4.48. The molecule has 1 rings (SSSR count). The Morgan fingerprint density at radius 2 is 1.60 bits per heavy atom. The highest BCUT2D eigenvalue weighted by molar-refractivity contribution is 7.89. The number of benzene rings is 1. The lowest BCUT2D eigenvalue weighted by atomic mass is 9.95. The Hall–Kier alpha value is -1.12. The molecule has 0 atom stereocenters. The second-order valence-corrected chi connectivity index (χ2v) is 6.11. The highest BCUT2D eigenvalue weighted by Crippen LogP contribution is 2.23. The van der Waals surface area contributed by atoms with E-state index in [1.807, 2.05) is 0 Å². The molecule has 4 nitrogen and oxygen atoms in total. The number of halogens is 3. The maximum atomic E-state index is 13.6. The smallest absolute Gasteiger partial charge is 0.246 e. The first kappa shape index (κ1) is 16.9. The molecule has 0 saturated carbocycles. The lowest BCUT2D eigenvalue weighted by Crippen LogP contribution is -2.53. The van der Waals surface area contributed by atoms with E-state index >= 15 is 0 Å². The average Bonchev–Trinajstić information content (AvgIpc) is 2.34. The molecule has 0 amide bonds. The molecule has 3 N–H and O–H groups in total. The lowest BCUT2D eigenvalue weighted by molar-refractivity contribution is 0.361. The Morgan fingerprint density at radius 3 is 1.95 bits per heavy atom. The van der Waals surface area contributed by atoms with Crippen molar-refractivity contribution in [2.75, 3.05) is 6.54 Å². The fourth-order valence-corrected chi connectivity index (χ4v) is 3.52. The summed E-state index contributed by atoms with van der Waals surface area (Å²) in [6.07, 6.45) is 0.702. The highest BCUT2D eigenvalue weighted by Gasteiger charge is 2.34. The lowest BCUT2D eigenvalue weighted by Gasteiger charge is -2.31. The van der Waals surface area contributed by atoms with Gasteiger partial charge in [-0.25, -0.2) is 26.3 Å². The average molecular weight is 310 g/mol. The van der Waals surface area contributed by atoms with Crippen molar-refractivity contribution in [3.05, 3.63) is 29.6 Å². The number of rotatable bonds is 6. The summed E-state index contributed by atoms with van der Waals surface area (Å²) < 4.78 is 66.4. The molecule has 0 heterocycles. The molecule has 0 bridgehead atoms. The molecule has 0 aliphatic carbocycles. The molecule has 0 radical (unpaired) electrons. The topological polar surface area (TPSA) is 72.2 Å². The van der Waals surface area contributed by atoms with Gasteiger partial charge in [-0.05, 0) is 12.8 Å². The van der Waals surface area contributed by atoms with Crippen LogP contribution in [0.5, 0.6) is 0 Å². The monoisotopic (exact) mass is 310 g/mol. The Kier molecular flexibility index (Phi) is 5.17. The van der Waals surface area contributed by atoms with Gasteiger partial charge in [0.1, 0.15) is 17.5 Å². The van der Waals surface area contributed by atoms with Crippen molar-refractivity contribution in [3.8, 4) is 0 Å². The molecule has 20 heavy (non-hydrogen) atoms. The van der Waals surface area contributed by atoms with Crippen molar-refractivity contribution in [2.24, 2.45) is 5.73 Å². The third kappa shape index (κ3) is 3.31. The van der Waals surface area contributed by atoms with Gasteiger partial charge in [-0.1, -0.05) is 13.8 Å².